The molecule has 0 bridgehead atoms. The monoisotopic (exact) mass is 418 g/mol. The van der Waals surface area contributed by atoms with Crippen LogP contribution in [0.4, 0.5) is 0 Å². The number of halogens is 4. The van der Waals surface area contributed by atoms with Gasteiger partial charge in [0.15, 0.2) is 0 Å². The molecule has 1 N–H and O–H groups in total. The highest BCUT2D eigenvalue weighted by Gasteiger charge is 2.05. The predicted molar refractivity (Wildman–Crippen MR) is 103 cm³/mol. The third-order valence-electron chi connectivity index (χ3n) is 3.07. The highest BCUT2D eigenvalue weighted by Crippen LogP contribution is 2.27. The normalized spacial score (nSPS) is 10.9. The van der Waals surface area contributed by atoms with Gasteiger partial charge in [0.05, 0.1) is 27.9 Å². The van der Waals surface area contributed by atoms with Crippen LogP contribution in [0.2, 0.25) is 20.1 Å². The molecule has 0 aromatic heterocycles. The molecule has 0 saturated heterocycles. The summed E-state index contributed by atoms with van der Waals surface area (Å²) in [5, 5.41) is 5.64. The molecular formula is C17H14Cl4N2O2. The van der Waals surface area contributed by atoms with Gasteiger partial charge in [-0.1, -0.05) is 58.5 Å². The Labute approximate surface area is 165 Å². The number of carbonyl (C=O) groups is 1. The quantitative estimate of drug-likeness (QED) is 0.360. The van der Waals surface area contributed by atoms with Crippen LogP contribution in [0.1, 0.15) is 18.4 Å². The van der Waals surface area contributed by atoms with Crippen LogP contribution in [-0.2, 0) is 4.79 Å². The molecular weight excluding hydrogens is 406 g/mol. The SMILES string of the molecule is O=C(CCCOc1ccc(Cl)cc1Cl)NN=Cc1cccc(Cl)c1Cl. The lowest BCUT2D eigenvalue weighted by molar-refractivity contribution is -0.121. The van der Waals surface area contributed by atoms with Gasteiger partial charge in [-0.15, -0.1) is 0 Å². The third-order valence-corrected chi connectivity index (χ3v) is 4.44. The number of nitrogens with zero attached hydrogens (tertiary/aromatic N) is 1. The van der Waals surface area contributed by atoms with Gasteiger partial charge in [-0.2, -0.15) is 5.10 Å². The summed E-state index contributed by atoms with van der Waals surface area (Å²) in [4.78, 5) is 11.7. The lowest BCUT2D eigenvalue weighted by atomic mass is 10.2. The number of carbonyl (C=O) groups excluding carboxylic acids is 1. The second-order valence-corrected chi connectivity index (χ2v) is 6.59. The zero-order valence-electron chi connectivity index (χ0n) is 12.9. The van der Waals surface area contributed by atoms with Crippen molar-refractivity contribution in [2.45, 2.75) is 12.8 Å². The summed E-state index contributed by atoms with van der Waals surface area (Å²) in [6.07, 6.45) is 2.21. The molecule has 8 heteroatoms. The zero-order valence-corrected chi connectivity index (χ0v) is 16.0. The Kier molecular flexibility index (Phi) is 7.85. The maximum Gasteiger partial charge on any atom is 0.240 e. The van der Waals surface area contributed by atoms with Crippen molar-refractivity contribution in [3.8, 4) is 5.75 Å². The van der Waals surface area contributed by atoms with E-state index in [2.05, 4.69) is 10.5 Å². The molecule has 0 aliphatic heterocycles. The Morgan fingerprint density at radius 3 is 2.68 bits per heavy atom. The van der Waals surface area contributed by atoms with Gasteiger partial charge >= 0.3 is 0 Å². The highest BCUT2D eigenvalue weighted by molar-refractivity contribution is 6.43. The van der Waals surface area contributed by atoms with Crippen molar-refractivity contribution in [1.82, 2.24) is 5.43 Å². The fourth-order valence-electron chi connectivity index (χ4n) is 1.86. The van der Waals surface area contributed by atoms with Crippen LogP contribution in [-0.4, -0.2) is 18.7 Å². The van der Waals surface area contributed by atoms with E-state index in [1.54, 1.807) is 36.4 Å². The van der Waals surface area contributed by atoms with Gasteiger partial charge in [0.25, 0.3) is 0 Å². The Morgan fingerprint density at radius 2 is 1.92 bits per heavy atom. The topological polar surface area (TPSA) is 50.7 Å². The summed E-state index contributed by atoms with van der Waals surface area (Å²) in [7, 11) is 0. The van der Waals surface area contributed by atoms with Crippen LogP contribution in [0.3, 0.4) is 0 Å². The van der Waals surface area contributed by atoms with Gasteiger partial charge in [0.1, 0.15) is 5.75 Å². The third kappa shape index (κ3) is 6.40. The van der Waals surface area contributed by atoms with Gasteiger partial charge < -0.3 is 4.74 Å². The van der Waals surface area contributed by atoms with Crippen LogP contribution < -0.4 is 10.2 Å². The van der Waals surface area contributed by atoms with E-state index in [1.807, 2.05) is 0 Å². The van der Waals surface area contributed by atoms with Crippen molar-refractivity contribution in [3.63, 3.8) is 0 Å². The van der Waals surface area contributed by atoms with Crippen molar-refractivity contribution in [3.05, 3.63) is 62.1 Å². The molecule has 0 unspecified atom stereocenters. The lowest BCUT2D eigenvalue weighted by Gasteiger charge is -2.07. The second-order valence-electron chi connectivity index (χ2n) is 4.96. The zero-order chi connectivity index (χ0) is 18.2. The van der Waals surface area contributed by atoms with E-state index in [0.717, 1.165) is 0 Å². The Balaban J connectivity index is 1.72. The first-order valence-corrected chi connectivity index (χ1v) is 8.82. The van der Waals surface area contributed by atoms with Crippen molar-refractivity contribution >= 4 is 58.5 Å². The number of ether oxygens (including phenoxy) is 1. The molecule has 2 aromatic carbocycles. The Bertz CT molecular complexity index is 781. The predicted octanol–water partition coefficient (Wildman–Crippen LogP) is 5.61. The van der Waals surface area contributed by atoms with Gasteiger partial charge in [0.2, 0.25) is 5.91 Å². The number of hydrogen-bond acceptors (Lipinski definition) is 3. The van der Waals surface area contributed by atoms with E-state index in [9.17, 15) is 4.79 Å². The molecule has 2 aromatic rings. The Morgan fingerprint density at radius 1 is 1.12 bits per heavy atom. The standard InChI is InChI=1S/C17H14Cl4N2O2/c18-12-6-7-15(14(20)9-12)25-8-2-5-16(24)23-22-10-11-3-1-4-13(19)17(11)21/h1,3-4,6-7,9-10H,2,5,8H2,(H,23,24). The minimum Gasteiger partial charge on any atom is -0.492 e. The maximum atomic E-state index is 11.7. The van der Waals surface area contributed by atoms with Gasteiger partial charge in [-0.05, 0) is 30.7 Å². The summed E-state index contributed by atoms with van der Waals surface area (Å²) < 4.78 is 5.50. The molecule has 132 valence electrons. The second kappa shape index (κ2) is 9.88. The number of hydrogen-bond donors (Lipinski definition) is 1. The molecule has 2 rings (SSSR count). The maximum absolute atomic E-state index is 11.7. The molecule has 0 spiro atoms. The first-order valence-electron chi connectivity index (χ1n) is 7.31. The van der Waals surface area contributed by atoms with Crippen molar-refractivity contribution < 1.29 is 9.53 Å². The largest absolute Gasteiger partial charge is 0.492 e. The lowest BCUT2D eigenvalue weighted by Crippen LogP contribution is -2.18. The minimum atomic E-state index is -0.236. The fourth-order valence-corrected chi connectivity index (χ4v) is 2.68. The average Bonchev–Trinajstić information content (AvgIpc) is 2.57. The molecule has 25 heavy (non-hydrogen) atoms. The highest BCUT2D eigenvalue weighted by atomic mass is 35.5. The van der Waals surface area contributed by atoms with Crippen molar-refractivity contribution in [2.75, 3.05) is 6.61 Å². The van der Waals surface area contributed by atoms with Crippen LogP contribution >= 0.6 is 46.4 Å². The van der Waals surface area contributed by atoms with Crippen molar-refractivity contribution in [2.24, 2.45) is 5.10 Å². The molecule has 1 amide bonds. The summed E-state index contributed by atoms with van der Waals surface area (Å²) >= 11 is 23.7. The number of benzene rings is 2. The van der Waals surface area contributed by atoms with Crippen LogP contribution in [0, 0.1) is 0 Å². The molecule has 0 aliphatic rings. The summed E-state index contributed by atoms with van der Waals surface area (Å²) in [6.45, 7) is 0.346. The minimum absolute atomic E-state index is 0.236. The van der Waals surface area contributed by atoms with Gasteiger partial charge in [0, 0.05) is 17.0 Å². The Hall–Kier alpha value is -1.46. The van der Waals surface area contributed by atoms with Crippen molar-refractivity contribution in [1.29, 1.82) is 0 Å². The van der Waals surface area contributed by atoms with Crippen LogP contribution in [0.5, 0.6) is 5.75 Å². The molecule has 0 atom stereocenters. The number of nitrogens with one attached hydrogen (secondary N) is 1. The molecule has 4 nitrogen and oxygen atoms in total. The van der Waals surface area contributed by atoms with E-state index in [1.165, 1.54) is 6.21 Å². The molecule has 0 radical (unpaired) electrons. The van der Waals surface area contributed by atoms with Crippen LogP contribution in [0.25, 0.3) is 0 Å². The summed E-state index contributed by atoms with van der Waals surface area (Å²) in [5.74, 6) is 0.292. The van der Waals surface area contributed by atoms with E-state index in [-0.39, 0.29) is 12.3 Å². The summed E-state index contributed by atoms with van der Waals surface area (Å²) in [6, 6.07) is 10.1. The summed E-state index contributed by atoms with van der Waals surface area (Å²) in [5.41, 5.74) is 3.05. The first kappa shape index (κ1) is 19.9. The van der Waals surface area contributed by atoms with Gasteiger partial charge in [-0.25, -0.2) is 5.43 Å². The smallest absolute Gasteiger partial charge is 0.240 e. The molecule has 0 saturated carbocycles. The van der Waals surface area contributed by atoms with E-state index < -0.39 is 0 Å². The average molecular weight is 420 g/mol. The number of hydrazone groups is 1. The molecule has 0 heterocycles. The molecule has 0 fully saturated rings. The van der Waals surface area contributed by atoms with E-state index >= 15 is 0 Å². The van der Waals surface area contributed by atoms with E-state index in [4.69, 9.17) is 51.1 Å². The van der Waals surface area contributed by atoms with Crippen LogP contribution in [0.15, 0.2) is 41.5 Å². The van der Waals surface area contributed by atoms with Gasteiger partial charge in [-0.3, -0.25) is 4.79 Å². The number of amides is 1. The van der Waals surface area contributed by atoms with E-state index in [0.29, 0.717) is 44.4 Å². The molecule has 0 aliphatic carbocycles. The fraction of sp³-hybridized carbons (Fsp3) is 0.176. The number of rotatable bonds is 7. The first-order chi connectivity index (χ1) is 12.0.